The quantitative estimate of drug-likeness (QED) is 0.396. The van der Waals surface area contributed by atoms with Crippen LogP contribution in [0.3, 0.4) is 0 Å². The van der Waals surface area contributed by atoms with E-state index in [2.05, 4.69) is 19.0 Å². The average Bonchev–Trinajstić information content (AvgIpc) is 3.39. The molecule has 1 aliphatic carbocycles. The maximum atomic E-state index is 12.8. The number of nitrogens with one attached hydrogen (secondary N) is 1. The highest BCUT2D eigenvalue weighted by atomic mass is 32.2. The van der Waals surface area contributed by atoms with Crippen molar-refractivity contribution in [1.29, 1.82) is 0 Å². The Kier molecular flexibility index (Phi) is 4.41. The highest BCUT2D eigenvalue weighted by Gasteiger charge is 2.22. The maximum Gasteiger partial charge on any atom is 0.262 e. The summed E-state index contributed by atoms with van der Waals surface area (Å²) in [6.07, 6.45) is 3.10. The lowest BCUT2D eigenvalue weighted by atomic mass is 10.2. The van der Waals surface area contributed by atoms with Gasteiger partial charge in [0.05, 0.1) is 28.6 Å². The fourth-order valence-corrected chi connectivity index (χ4v) is 6.08. The van der Waals surface area contributed by atoms with Crippen LogP contribution < -0.4 is 10.9 Å². The van der Waals surface area contributed by atoms with Crippen molar-refractivity contribution in [3.05, 3.63) is 39.0 Å². The van der Waals surface area contributed by atoms with Gasteiger partial charge in [-0.3, -0.25) is 14.2 Å². The number of benzene rings is 1. The Balaban J connectivity index is 1.37. The van der Waals surface area contributed by atoms with Crippen molar-refractivity contribution in [3.63, 3.8) is 0 Å². The molecule has 0 spiro atoms. The van der Waals surface area contributed by atoms with E-state index in [-0.39, 0.29) is 17.2 Å². The fourth-order valence-electron chi connectivity index (χ4n) is 3.46. The first-order valence-corrected chi connectivity index (χ1v) is 11.3. The lowest BCUT2D eigenvalue weighted by Crippen LogP contribution is -2.21. The summed E-state index contributed by atoms with van der Waals surface area (Å²) >= 11 is 3.99. The topological polar surface area (TPSA) is 89.8 Å². The van der Waals surface area contributed by atoms with Crippen LogP contribution in [0.1, 0.15) is 16.9 Å². The van der Waals surface area contributed by atoms with Crippen LogP contribution in [0.25, 0.3) is 21.3 Å². The van der Waals surface area contributed by atoms with Crippen molar-refractivity contribution in [1.82, 2.24) is 18.3 Å². The predicted molar refractivity (Wildman–Crippen MR) is 114 cm³/mol. The Bertz CT molecular complexity index is 1290. The van der Waals surface area contributed by atoms with E-state index in [1.54, 1.807) is 29.0 Å². The number of carbonyl (C=O) groups is 1. The average molecular weight is 430 g/mol. The summed E-state index contributed by atoms with van der Waals surface area (Å²) in [5, 5.41) is 4.19. The highest BCUT2D eigenvalue weighted by molar-refractivity contribution is 7.99. The molecular weight excluding hydrogens is 414 g/mol. The number of thiophene rings is 1. The molecule has 4 aromatic rings. The molecule has 3 heterocycles. The molecule has 10 heteroatoms. The van der Waals surface area contributed by atoms with Gasteiger partial charge in [-0.1, -0.05) is 17.8 Å². The third-order valence-corrected chi connectivity index (χ3v) is 7.56. The van der Waals surface area contributed by atoms with E-state index in [4.69, 9.17) is 0 Å². The third-order valence-electron chi connectivity index (χ3n) is 4.80. The predicted octanol–water partition coefficient (Wildman–Crippen LogP) is 3.22. The van der Waals surface area contributed by atoms with E-state index in [1.165, 1.54) is 22.2 Å². The molecule has 1 amide bonds. The van der Waals surface area contributed by atoms with Gasteiger partial charge in [0, 0.05) is 11.9 Å². The zero-order valence-corrected chi connectivity index (χ0v) is 17.3. The van der Waals surface area contributed by atoms with Gasteiger partial charge in [-0.05, 0) is 37.0 Å². The van der Waals surface area contributed by atoms with Gasteiger partial charge < -0.3 is 5.32 Å². The lowest BCUT2D eigenvalue weighted by molar-refractivity contribution is -0.113. The van der Waals surface area contributed by atoms with E-state index in [9.17, 15) is 9.59 Å². The number of thioether (sulfide) groups is 1. The maximum absolute atomic E-state index is 12.8. The largest absolute Gasteiger partial charge is 0.323 e. The van der Waals surface area contributed by atoms with Crippen LogP contribution in [0, 0.1) is 0 Å². The number of aromatic nitrogens is 4. The zero-order valence-electron chi connectivity index (χ0n) is 14.9. The summed E-state index contributed by atoms with van der Waals surface area (Å²) in [7, 11) is 1.72. The number of anilines is 1. The number of fused-ring (bicyclic) bond motifs is 4. The van der Waals surface area contributed by atoms with E-state index >= 15 is 0 Å². The van der Waals surface area contributed by atoms with Crippen LogP contribution >= 0.6 is 34.8 Å². The van der Waals surface area contributed by atoms with Gasteiger partial charge in [0.2, 0.25) is 5.91 Å². The highest BCUT2D eigenvalue weighted by Crippen LogP contribution is 2.35. The molecule has 0 saturated carbocycles. The summed E-state index contributed by atoms with van der Waals surface area (Å²) in [6, 6.07) is 5.50. The summed E-state index contributed by atoms with van der Waals surface area (Å²) in [5.74, 6) is -0.0151. The fraction of sp³-hybridized carbons (Fsp3) is 0.278. The van der Waals surface area contributed by atoms with E-state index in [0.717, 1.165) is 46.7 Å². The molecule has 3 aromatic heterocycles. The van der Waals surface area contributed by atoms with Crippen molar-refractivity contribution in [2.45, 2.75) is 24.4 Å². The summed E-state index contributed by atoms with van der Waals surface area (Å²) in [6.45, 7) is 0. The molecule has 0 aliphatic heterocycles. The van der Waals surface area contributed by atoms with Gasteiger partial charge in [-0.15, -0.1) is 11.3 Å². The van der Waals surface area contributed by atoms with Crippen LogP contribution in [0.2, 0.25) is 0 Å². The number of amides is 1. The van der Waals surface area contributed by atoms with Gasteiger partial charge in [-0.25, -0.2) is 4.98 Å². The second kappa shape index (κ2) is 6.94. The minimum atomic E-state index is -0.173. The van der Waals surface area contributed by atoms with Crippen molar-refractivity contribution in [2.75, 3.05) is 11.1 Å². The Labute approximate surface area is 172 Å². The first-order valence-electron chi connectivity index (χ1n) is 8.77. The second-order valence-corrected chi connectivity index (χ2v) is 9.12. The van der Waals surface area contributed by atoms with Crippen LogP contribution in [-0.2, 0) is 24.7 Å². The number of carbonyl (C=O) groups excluding carboxylic acids is 1. The Morgan fingerprint density at radius 3 is 3.11 bits per heavy atom. The minimum absolute atomic E-state index is 0.0226. The molecule has 0 radical (unpaired) electrons. The zero-order chi connectivity index (χ0) is 19.3. The smallest absolute Gasteiger partial charge is 0.262 e. The van der Waals surface area contributed by atoms with Crippen LogP contribution in [-0.4, -0.2) is 30.0 Å². The van der Waals surface area contributed by atoms with E-state index < -0.39 is 0 Å². The normalized spacial score (nSPS) is 13.3. The van der Waals surface area contributed by atoms with Crippen LogP contribution in [0.15, 0.2) is 28.2 Å². The number of hydrogen-bond acceptors (Lipinski definition) is 8. The Morgan fingerprint density at radius 1 is 1.32 bits per heavy atom. The molecule has 1 N–H and O–H groups in total. The summed E-state index contributed by atoms with van der Waals surface area (Å²) < 4.78 is 9.96. The standard InChI is InChI=1S/C18H15N5O2S3/c1-23-17(25)14-9-4-2-7-12(9)27-16(14)20-18(23)26-8-13(24)19-10-5-3-6-11-15(10)22-28-21-11/h3,5-6H,2,4,7-8H2,1H3,(H,19,24). The van der Waals surface area contributed by atoms with Crippen molar-refractivity contribution in [3.8, 4) is 0 Å². The molecule has 7 nitrogen and oxygen atoms in total. The molecule has 0 fully saturated rings. The molecular formula is C18H15N5O2S3. The molecule has 0 bridgehead atoms. The number of aryl methyl sites for hydroxylation is 2. The summed E-state index contributed by atoms with van der Waals surface area (Å²) in [5.41, 5.74) is 3.24. The minimum Gasteiger partial charge on any atom is -0.323 e. The molecule has 0 unspecified atom stereocenters. The summed E-state index contributed by atoms with van der Waals surface area (Å²) in [4.78, 5) is 32.0. The van der Waals surface area contributed by atoms with Gasteiger partial charge >= 0.3 is 0 Å². The monoisotopic (exact) mass is 429 g/mol. The van der Waals surface area contributed by atoms with Crippen molar-refractivity contribution < 1.29 is 4.79 Å². The molecule has 1 aromatic carbocycles. The third kappa shape index (κ3) is 2.92. The molecule has 142 valence electrons. The molecule has 28 heavy (non-hydrogen) atoms. The Morgan fingerprint density at radius 2 is 2.21 bits per heavy atom. The number of rotatable bonds is 4. The van der Waals surface area contributed by atoms with Gasteiger partial charge in [0.1, 0.15) is 15.9 Å². The molecule has 1 aliphatic rings. The van der Waals surface area contributed by atoms with Crippen molar-refractivity contribution >= 4 is 67.7 Å². The van der Waals surface area contributed by atoms with Gasteiger partial charge in [0.15, 0.2) is 5.16 Å². The number of nitrogens with zero attached hydrogens (tertiary/aromatic N) is 4. The number of hydrogen-bond donors (Lipinski definition) is 1. The van der Waals surface area contributed by atoms with E-state index in [1.807, 2.05) is 12.1 Å². The molecule has 5 rings (SSSR count). The lowest BCUT2D eigenvalue weighted by Gasteiger charge is -2.08. The van der Waals surface area contributed by atoms with Crippen LogP contribution in [0.4, 0.5) is 5.69 Å². The van der Waals surface area contributed by atoms with Crippen LogP contribution in [0.5, 0.6) is 0 Å². The molecule has 0 saturated heterocycles. The SMILES string of the molecule is Cn1c(SCC(=O)Nc2cccc3nsnc23)nc2sc3c(c2c1=O)CCC3. The first kappa shape index (κ1) is 17.8. The van der Waals surface area contributed by atoms with Crippen molar-refractivity contribution in [2.24, 2.45) is 7.05 Å². The molecule has 0 atom stereocenters. The first-order chi connectivity index (χ1) is 13.6. The Hall–Kier alpha value is -2.30. The second-order valence-electron chi connectivity index (χ2n) is 6.57. The van der Waals surface area contributed by atoms with Gasteiger partial charge in [0.25, 0.3) is 5.56 Å². The van der Waals surface area contributed by atoms with Gasteiger partial charge in [-0.2, -0.15) is 8.75 Å². The van der Waals surface area contributed by atoms with E-state index in [0.29, 0.717) is 16.4 Å².